The molecule has 62 valence electrons. The molecule has 1 rings (SSSR count). The maximum atomic E-state index is 12.6. The summed E-state index contributed by atoms with van der Waals surface area (Å²) in [6.45, 7) is 0.0383. The van der Waals surface area contributed by atoms with E-state index in [0.29, 0.717) is 5.69 Å². The first-order chi connectivity index (χ1) is 5.22. The monoisotopic (exact) mass is 158 g/mol. The van der Waals surface area contributed by atoms with Crippen LogP contribution in [-0.4, -0.2) is 27.7 Å². The third kappa shape index (κ3) is 2.27. The molecule has 0 bridgehead atoms. The molecular formula is C6H11FN4. The van der Waals surface area contributed by atoms with E-state index < -0.39 is 6.17 Å². The van der Waals surface area contributed by atoms with Crippen LogP contribution in [0.4, 0.5) is 4.39 Å². The van der Waals surface area contributed by atoms with Crippen LogP contribution in [0.2, 0.25) is 0 Å². The van der Waals surface area contributed by atoms with Crippen molar-refractivity contribution in [1.29, 1.82) is 0 Å². The van der Waals surface area contributed by atoms with Gasteiger partial charge in [-0.3, -0.25) is 0 Å². The molecular weight excluding hydrogens is 147 g/mol. The Morgan fingerprint density at radius 3 is 3.00 bits per heavy atom. The minimum absolute atomic E-state index is 0.0383. The lowest BCUT2D eigenvalue weighted by molar-refractivity contribution is 0.337. The molecule has 2 N–H and O–H groups in total. The fourth-order valence-electron chi connectivity index (χ4n) is 0.792. The van der Waals surface area contributed by atoms with Crippen molar-refractivity contribution < 1.29 is 4.39 Å². The molecule has 0 radical (unpaired) electrons. The Labute approximate surface area is 64.2 Å². The fraction of sp³-hybridized carbons (Fsp3) is 0.667. The van der Waals surface area contributed by atoms with Crippen LogP contribution >= 0.6 is 0 Å². The first-order valence-electron chi connectivity index (χ1n) is 3.41. The normalized spacial score (nSPS) is 13.4. The van der Waals surface area contributed by atoms with Crippen LogP contribution in [0, 0.1) is 0 Å². The van der Waals surface area contributed by atoms with Gasteiger partial charge in [0.2, 0.25) is 0 Å². The minimum Gasteiger partial charge on any atom is -0.328 e. The van der Waals surface area contributed by atoms with Gasteiger partial charge in [-0.2, -0.15) is 15.0 Å². The molecule has 0 fully saturated rings. The lowest BCUT2D eigenvalue weighted by Gasteiger charge is -1.99. The van der Waals surface area contributed by atoms with Crippen molar-refractivity contribution in [3.8, 4) is 0 Å². The van der Waals surface area contributed by atoms with Crippen LogP contribution in [-0.2, 0) is 13.5 Å². The highest BCUT2D eigenvalue weighted by Gasteiger charge is 2.07. The zero-order valence-corrected chi connectivity index (χ0v) is 6.37. The first-order valence-corrected chi connectivity index (χ1v) is 3.41. The van der Waals surface area contributed by atoms with E-state index in [0.717, 1.165) is 0 Å². The molecule has 11 heavy (non-hydrogen) atoms. The smallest absolute Gasteiger partial charge is 0.118 e. The summed E-state index contributed by atoms with van der Waals surface area (Å²) in [5, 5.41) is 7.71. The lowest BCUT2D eigenvalue weighted by atomic mass is 10.2. The van der Waals surface area contributed by atoms with E-state index in [-0.39, 0.29) is 13.0 Å². The molecule has 0 aliphatic carbocycles. The van der Waals surface area contributed by atoms with Crippen LogP contribution in [0.25, 0.3) is 0 Å². The van der Waals surface area contributed by atoms with Crippen LogP contribution in [0.15, 0.2) is 6.20 Å². The largest absolute Gasteiger partial charge is 0.328 e. The molecule has 1 atom stereocenters. The SMILES string of the molecule is Cn1ncc(CC(F)CN)n1. The summed E-state index contributed by atoms with van der Waals surface area (Å²) >= 11 is 0. The van der Waals surface area contributed by atoms with E-state index in [9.17, 15) is 4.39 Å². The van der Waals surface area contributed by atoms with Gasteiger partial charge >= 0.3 is 0 Å². The minimum atomic E-state index is -1.01. The van der Waals surface area contributed by atoms with Crippen LogP contribution in [0.3, 0.4) is 0 Å². The summed E-state index contributed by atoms with van der Waals surface area (Å²) in [6, 6.07) is 0. The average Bonchev–Trinajstić information content (AvgIpc) is 2.35. The van der Waals surface area contributed by atoms with Gasteiger partial charge < -0.3 is 5.73 Å². The number of nitrogens with two attached hydrogens (primary N) is 1. The van der Waals surface area contributed by atoms with Gasteiger partial charge in [0.25, 0.3) is 0 Å². The van der Waals surface area contributed by atoms with Gasteiger partial charge in [-0.25, -0.2) is 4.39 Å². The Bertz CT molecular complexity index is 222. The number of aryl methyl sites for hydroxylation is 1. The zero-order valence-electron chi connectivity index (χ0n) is 6.37. The molecule has 1 aromatic heterocycles. The third-order valence-corrected chi connectivity index (χ3v) is 1.33. The zero-order chi connectivity index (χ0) is 8.27. The van der Waals surface area contributed by atoms with Crippen molar-refractivity contribution in [2.75, 3.05) is 6.54 Å². The number of aromatic nitrogens is 3. The summed E-state index contributed by atoms with van der Waals surface area (Å²) in [7, 11) is 1.69. The van der Waals surface area contributed by atoms with Crippen LogP contribution in [0.5, 0.6) is 0 Å². The van der Waals surface area contributed by atoms with Crippen molar-refractivity contribution in [3.63, 3.8) is 0 Å². The van der Waals surface area contributed by atoms with Gasteiger partial charge in [-0.1, -0.05) is 0 Å². The molecule has 5 heteroatoms. The summed E-state index contributed by atoms with van der Waals surface area (Å²) in [4.78, 5) is 1.40. The standard InChI is InChI=1S/C6H11FN4/c1-11-9-4-6(10-11)2-5(7)3-8/h4-5H,2-3,8H2,1H3. The van der Waals surface area contributed by atoms with Gasteiger partial charge in [-0.05, 0) is 0 Å². The first kappa shape index (κ1) is 8.13. The van der Waals surface area contributed by atoms with E-state index in [1.54, 1.807) is 13.2 Å². The summed E-state index contributed by atoms with van der Waals surface area (Å²) in [5.74, 6) is 0. The van der Waals surface area contributed by atoms with Crippen molar-refractivity contribution >= 4 is 0 Å². The topological polar surface area (TPSA) is 56.7 Å². The third-order valence-electron chi connectivity index (χ3n) is 1.33. The summed E-state index contributed by atoms with van der Waals surface area (Å²) in [5.41, 5.74) is 5.74. The fourth-order valence-corrected chi connectivity index (χ4v) is 0.792. The van der Waals surface area contributed by atoms with Gasteiger partial charge in [-0.15, -0.1) is 0 Å². The molecule has 0 spiro atoms. The molecule has 0 aromatic carbocycles. The average molecular weight is 158 g/mol. The second kappa shape index (κ2) is 3.43. The molecule has 4 nitrogen and oxygen atoms in total. The highest BCUT2D eigenvalue weighted by atomic mass is 19.1. The Balaban J connectivity index is 2.50. The predicted molar refractivity (Wildman–Crippen MR) is 38.7 cm³/mol. The maximum absolute atomic E-state index is 12.6. The molecule has 0 amide bonds. The van der Waals surface area contributed by atoms with E-state index in [2.05, 4.69) is 10.2 Å². The maximum Gasteiger partial charge on any atom is 0.118 e. The Morgan fingerprint density at radius 1 is 1.82 bits per heavy atom. The Hall–Kier alpha value is -0.970. The van der Waals surface area contributed by atoms with E-state index >= 15 is 0 Å². The number of nitrogens with zero attached hydrogens (tertiary/aromatic N) is 3. The van der Waals surface area contributed by atoms with E-state index in [4.69, 9.17) is 5.73 Å². The van der Waals surface area contributed by atoms with Crippen LogP contribution in [0.1, 0.15) is 5.69 Å². The Kier molecular flexibility index (Phi) is 2.53. The van der Waals surface area contributed by atoms with Crippen molar-refractivity contribution in [2.45, 2.75) is 12.6 Å². The van der Waals surface area contributed by atoms with Gasteiger partial charge in [0.05, 0.1) is 11.9 Å². The van der Waals surface area contributed by atoms with Gasteiger partial charge in [0, 0.05) is 20.0 Å². The number of alkyl halides is 1. The Morgan fingerprint density at radius 2 is 2.55 bits per heavy atom. The summed E-state index contributed by atoms with van der Waals surface area (Å²) < 4.78 is 12.6. The lowest BCUT2D eigenvalue weighted by Crippen LogP contribution is -2.17. The molecule has 0 aliphatic heterocycles. The quantitative estimate of drug-likeness (QED) is 0.654. The van der Waals surface area contributed by atoms with Crippen molar-refractivity contribution in [1.82, 2.24) is 15.0 Å². The molecule has 1 heterocycles. The predicted octanol–water partition coefficient (Wildman–Crippen LogP) is -0.346. The number of hydrogen-bond donors (Lipinski definition) is 1. The molecule has 0 saturated heterocycles. The van der Waals surface area contributed by atoms with Crippen molar-refractivity contribution in [3.05, 3.63) is 11.9 Å². The number of hydrogen-bond acceptors (Lipinski definition) is 3. The summed E-state index contributed by atoms with van der Waals surface area (Å²) in [6.07, 6.45) is 0.791. The second-order valence-electron chi connectivity index (χ2n) is 2.36. The van der Waals surface area contributed by atoms with Gasteiger partial charge in [0.15, 0.2) is 0 Å². The van der Waals surface area contributed by atoms with Crippen LogP contribution < -0.4 is 5.73 Å². The second-order valence-corrected chi connectivity index (χ2v) is 2.36. The molecule has 0 saturated carbocycles. The van der Waals surface area contributed by atoms with E-state index in [1.165, 1.54) is 4.80 Å². The van der Waals surface area contributed by atoms with Crippen molar-refractivity contribution in [2.24, 2.45) is 12.8 Å². The van der Waals surface area contributed by atoms with E-state index in [1.807, 2.05) is 0 Å². The highest BCUT2D eigenvalue weighted by molar-refractivity contribution is 4.93. The number of rotatable bonds is 3. The molecule has 1 aromatic rings. The highest BCUT2D eigenvalue weighted by Crippen LogP contribution is 1.99. The molecule has 0 aliphatic rings. The number of halogens is 1. The molecule has 1 unspecified atom stereocenters. The van der Waals surface area contributed by atoms with Gasteiger partial charge in [0.1, 0.15) is 6.17 Å².